The van der Waals surface area contributed by atoms with Gasteiger partial charge in [-0.15, -0.1) is 0 Å². The molecular weight excluding hydrogens is 404 g/mol. The van der Waals surface area contributed by atoms with Gasteiger partial charge < -0.3 is 10.6 Å². The minimum Gasteiger partial charge on any atom is -0.343 e. The van der Waals surface area contributed by atoms with E-state index in [4.69, 9.17) is 11.6 Å². The number of carbonyl (C=O) groups is 2. The Hall–Kier alpha value is -2.49. The molecule has 0 radical (unpaired) electrons. The first kappa shape index (κ1) is 21.8. The van der Waals surface area contributed by atoms with Crippen LogP contribution >= 0.6 is 11.6 Å². The summed E-state index contributed by atoms with van der Waals surface area (Å²) in [5.41, 5.74) is 0.469. The van der Waals surface area contributed by atoms with Crippen molar-refractivity contribution in [2.75, 3.05) is 25.0 Å². The van der Waals surface area contributed by atoms with Gasteiger partial charge in [-0.1, -0.05) is 25.4 Å². The fourth-order valence-corrected chi connectivity index (χ4v) is 4.14. The summed E-state index contributed by atoms with van der Waals surface area (Å²) in [6.45, 7) is 3.75. The van der Waals surface area contributed by atoms with E-state index in [9.17, 15) is 18.0 Å². The fourth-order valence-electron chi connectivity index (χ4n) is 2.45. The van der Waals surface area contributed by atoms with Crippen LogP contribution in [0.4, 0.5) is 5.69 Å². The molecule has 2 N–H and O–H groups in total. The van der Waals surface area contributed by atoms with Crippen molar-refractivity contribution < 1.29 is 18.0 Å². The zero-order chi connectivity index (χ0) is 20.7. The van der Waals surface area contributed by atoms with Crippen LogP contribution in [0.25, 0.3) is 0 Å². The van der Waals surface area contributed by atoms with Gasteiger partial charge in [-0.2, -0.15) is 4.31 Å². The summed E-state index contributed by atoms with van der Waals surface area (Å²) in [4.78, 5) is 28.2. The number of aromatic nitrogens is 1. The molecule has 0 spiro atoms. The zero-order valence-electron chi connectivity index (χ0n) is 15.5. The third kappa shape index (κ3) is 5.28. The van der Waals surface area contributed by atoms with Gasteiger partial charge in [-0.05, 0) is 30.3 Å². The van der Waals surface area contributed by atoms with Crippen molar-refractivity contribution >= 4 is 39.1 Å². The number of halogens is 1. The molecule has 0 saturated carbocycles. The number of benzene rings is 1. The van der Waals surface area contributed by atoms with Crippen molar-refractivity contribution in [1.82, 2.24) is 14.6 Å². The molecule has 0 aliphatic rings. The lowest BCUT2D eigenvalue weighted by Crippen LogP contribution is -2.33. The second kappa shape index (κ2) is 9.63. The first-order chi connectivity index (χ1) is 13.3. The summed E-state index contributed by atoms with van der Waals surface area (Å²) in [5, 5.41) is 5.10. The smallest absolute Gasteiger partial charge is 0.253 e. The second-order valence-electron chi connectivity index (χ2n) is 5.70. The van der Waals surface area contributed by atoms with Gasteiger partial charge in [-0.25, -0.2) is 8.42 Å². The van der Waals surface area contributed by atoms with E-state index in [0.717, 1.165) is 0 Å². The number of pyridine rings is 1. The molecule has 8 nitrogen and oxygen atoms in total. The SMILES string of the molecule is CCN(CC)S(=O)(=O)c1ccc(Cl)c(C(=O)NCC(=O)Nc2cccnc2)c1. The minimum absolute atomic E-state index is 0.0240. The first-order valence-corrected chi connectivity index (χ1v) is 10.4. The van der Waals surface area contributed by atoms with Crippen LogP contribution in [0.2, 0.25) is 5.02 Å². The Kier molecular flexibility index (Phi) is 7.50. The Labute approximate surface area is 169 Å². The molecule has 150 valence electrons. The standard InChI is InChI=1S/C18H21ClN4O4S/c1-3-23(4-2)28(26,27)14-7-8-16(19)15(10-14)18(25)21-12-17(24)22-13-6-5-9-20-11-13/h5-11H,3-4,12H2,1-2H3,(H,21,25)(H,22,24). The maximum Gasteiger partial charge on any atom is 0.253 e. The van der Waals surface area contributed by atoms with Crippen LogP contribution in [0.5, 0.6) is 0 Å². The van der Waals surface area contributed by atoms with Crippen molar-refractivity contribution in [3.05, 3.63) is 53.3 Å². The fraction of sp³-hybridized carbons (Fsp3) is 0.278. The Morgan fingerprint density at radius 3 is 2.50 bits per heavy atom. The molecular formula is C18H21ClN4O4S. The third-order valence-electron chi connectivity index (χ3n) is 3.88. The summed E-state index contributed by atoms with van der Waals surface area (Å²) in [5.74, 6) is -1.10. The summed E-state index contributed by atoms with van der Waals surface area (Å²) in [6, 6.07) is 7.23. The second-order valence-corrected chi connectivity index (χ2v) is 8.05. The van der Waals surface area contributed by atoms with Crippen LogP contribution < -0.4 is 10.6 Å². The highest BCUT2D eigenvalue weighted by atomic mass is 35.5. The molecule has 28 heavy (non-hydrogen) atoms. The molecule has 0 saturated heterocycles. The van der Waals surface area contributed by atoms with E-state index >= 15 is 0 Å². The molecule has 1 aromatic heterocycles. The van der Waals surface area contributed by atoms with Crippen LogP contribution in [-0.4, -0.2) is 49.2 Å². The Balaban J connectivity index is 2.12. The number of rotatable bonds is 8. The van der Waals surface area contributed by atoms with Crippen molar-refractivity contribution in [3.8, 4) is 0 Å². The number of nitrogens with one attached hydrogen (secondary N) is 2. The van der Waals surface area contributed by atoms with Crippen molar-refractivity contribution in [2.45, 2.75) is 18.7 Å². The lowest BCUT2D eigenvalue weighted by Gasteiger charge is -2.19. The molecule has 0 fully saturated rings. The zero-order valence-corrected chi connectivity index (χ0v) is 17.0. The molecule has 0 unspecified atom stereocenters. The number of sulfonamides is 1. The maximum atomic E-state index is 12.6. The highest BCUT2D eigenvalue weighted by Crippen LogP contribution is 2.23. The van der Waals surface area contributed by atoms with Gasteiger partial charge in [-0.3, -0.25) is 14.6 Å². The summed E-state index contributed by atoms with van der Waals surface area (Å²) in [6.07, 6.45) is 3.04. The average Bonchev–Trinajstić information content (AvgIpc) is 2.68. The predicted molar refractivity (Wildman–Crippen MR) is 107 cm³/mol. The third-order valence-corrected chi connectivity index (χ3v) is 6.26. The topological polar surface area (TPSA) is 108 Å². The van der Waals surface area contributed by atoms with Crippen LogP contribution in [0.3, 0.4) is 0 Å². The number of nitrogens with zero attached hydrogens (tertiary/aromatic N) is 2. The Morgan fingerprint density at radius 1 is 1.18 bits per heavy atom. The Bertz CT molecular complexity index is 947. The number of hydrogen-bond donors (Lipinski definition) is 2. The number of anilines is 1. The molecule has 1 aromatic carbocycles. The monoisotopic (exact) mass is 424 g/mol. The molecule has 2 aromatic rings. The molecule has 1 heterocycles. The van der Waals surface area contributed by atoms with E-state index in [2.05, 4.69) is 15.6 Å². The minimum atomic E-state index is -3.74. The number of amides is 2. The summed E-state index contributed by atoms with van der Waals surface area (Å²) < 4.78 is 26.5. The lowest BCUT2D eigenvalue weighted by molar-refractivity contribution is -0.115. The van der Waals surface area contributed by atoms with Crippen molar-refractivity contribution in [2.24, 2.45) is 0 Å². The van der Waals surface area contributed by atoms with E-state index in [1.54, 1.807) is 32.2 Å². The van der Waals surface area contributed by atoms with E-state index in [1.807, 2.05) is 0 Å². The molecule has 2 rings (SSSR count). The van der Waals surface area contributed by atoms with Crippen LogP contribution in [0, 0.1) is 0 Å². The van der Waals surface area contributed by atoms with E-state index in [0.29, 0.717) is 18.8 Å². The van der Waals surface area contributed by atoms with Gasteiger partial charge in [0.05, 0.1) is 33.9 Å². The quantitative estimate of drug-likeness (QED) is 0.674. The summed E-state index contributed by atoms with van der Waals surface area (Å²) >= 11 is 6.06. The highest BCUT2D eigenvalue weighted by molar-refractivity contribution is 7.89. The van der Waals surface area contributed by atoms with Gasteiger partial charge >= 0.3 is 0 Å². The molecule has 0 bridgehead atoms. The van der Waals surface area contributed by atoms with Gasteiger partial charge in [0.15, 0.2) is 0 Å². The average molecular weight is 425 g/mol. The van der Waals surface area contributed by atoms with Gasteiger partial charge in [0, 0.05) is 19.3 Å². The van der Waals surface area contributed by atoms with Gasteiger partial charge in [0.1, 0.15) is 0 Å². The van der Waals surface area contributed by atoms with Crippen molar-refractivity contribution in [1.29, 1.82) is 0 Å². The van der Waals surface area contributed by atoms with Gasteiger partial charge in [0.25, 0.3) is 5.91 Å². The van der Waals surface area contributed by atoms with E-state index in [-0.39, 0.29) is 22.0 Å². The van der Waals surface area contributed by atoms with Crippen LogP contribution in [-0.2, 0) is 14.8 Å². The van der Waals surface area contributed by atoms with Crippen LogP contribution in [0.1, 0.15) is 24.2 Å². The largest absolute Gasteiger partial charge is 0.343 e. The first-order valence-electron chi connectivity index (χ1n) is 8.57. The molecule has 2 amide bonds. The molecule has 0 aliphatic carbocycles. The van der Waals surface area contributed by atoms with E-state index < -0.39 is 21.8 Å². The van der Waals surface area contributed by atoms with Crippen LogP contribution in [0.15, 0.2) is 47.6 Å². The highest BCUT2D eigenvalue weighted by Gasteiger charge is 2.24. The Morgan fingerprint density at radius 2 is 1.89 bits per heavy atom. The number of hydrogen-bond acceptors (Lipinski definition) is 5. The predicted octanol–water partition coefficient (Wildman–Crippen LogP) is 2.13. The van der Waals surface area contributed by atoms with Crippen molar-refractivity contribution in [3.63, 3.8) is 0 Å². The van der Waals surface area contributed by atoms with E-state index in [1.165, 1.54) is 28.7 Å². The molecule has 0 aliphatic heterocycles. The molecule has 10 heteroatoms. The summed E-state index contributed by atoms with van der Waals surface area (Å²) in [7, 11) is -3.74. The van der Waals surface area contributed by atoms with Gasteiger partial charge in [0.2, 0.25) is 15.9 Å². The maximum absolute atomic E-state index is 12.6. The number of carbonyl (C=O) groups excluding carboxylic acids is 2. The molecule has 0 atom stereocenters. The normalized spacial score (nSPS) is 11.3. The lowest BCUT2D eigenvalue weighted by atomic mass is 10.2.